The van der Waals surface area contributed by atoms with E-state index in [1.54, 1.807) is 0 Å². The minimum atomic E-state index is -0.659. The van der Waals surface area contributed by atoms with E-state index < -0.39 is 6.10 Å². The largest absolute Gasteiger partial charge is 0.389 e. The standard InChI is InChI=1S/C11H12Cl2N6O/c12-7-1-14-10(15-2-7)18-5-9(20)6-19-11-16-3-8(13)4-17-11/h1-4,9,20H,5-6H2,(H,14,15,18)(H,16,17,19). The summed E-state index contributed by atoms with van der Waals surface area (Å²) in [6, 6.07) is 0. The lowest BCUT2D eigenvalue weighted by molar-refractivity contribution is 0.200. The van der Waals surface area contributed by atoms with Crippen LogP contribution in [0.4, 0.5) is 11.9 Å². The van der Waals surface area contributed by atoms with E-state index in [0.717, 1.165) is 0 Å². The lowest BCUT2D eigenvalue weighted by Gasteiger charge is -2.12. The van der Waals surface area contributed by atoms with E-state index in [1.165, 1.54) is 24.8 Å². The molecule has 0 spiro atoms. The molecule has 7 nitrogen and oxygen atoms in total. The van der Waals surface area contributed by atoms with Gasteiger partial charge < -0.3 is 15.7 Å². The van der Waals surface area contributed by atoms with Gasteiger partial charge in [0, 0.05) is 13.1 Å². The molecule has 0 saturated carbocycles. The van der Waals surface area contributed by atoms with Crippen LogP contribution in [-0.2, 0) is 0 Å². The predicted molar refractivity (Wildman–Crippen MR) is 77.1 cm³/mol. The average molecular weight is 315 g/mol. The second-order valence-electron chi connectivity index (χ2n) is 3.87. The molecule has 0 aliphatic rings. The van der Waals surface area contributed by atoms with Crippen LogP contribution in [0.25, 0.3) is 0 Å². The number of hydrogen-bond donors (Lipinski definition) is 3. The number of aliphatic hydroxyl groups is 1. The molecular weight excluding hydrogens is 303 g/mol. The molecule has 106 valence electrons. The smallest absolute Gasteiger partial charge is 0.222 e. The summed E-state index contributed by atoms with van der Waals surface area (Å²) >= 11 is 11.3. The molecule has 0 amide bonds. The van der Waals surface area contributed by atoms with Crippen molar-refractivity contribution >= 4 is 35.1 Å². The van der Waals surface area contributed by atoms with E-state index in [-0.39, 0.29) is 13.1 Å². The predicted octanol–water partition coefficient (Wildman–Crippen LogP) is 1.46. The van der Waals surface area contributed by atoms with Crippen molar-refractivity contribution in [2.75, 3.05) is 23.7 Å². The minimum Gasteiger partial charge on any atom is -0.389 e. The first-order valence-electron chi connectivity index (χ1n) is 5.74. The van der Waals surface area contributed by atoms with Gasteiger partial charge in [0.25, 0.3) is 0 Å². The minimum absolute atomic E-state index is 0.280. The van der Waals surface area contributed by atoms with Crippen LogP contribution in [0.15, 0.2) is 24.8 Å². The van der Waals surface area contributed by atoms with Gasteiger partial charge in [0.2, 0.25) is 11.9 Å². The van der Waals surface area contributed by atoms with Gasteiger partial charge >= 0.3 is 0 Å². The Labute approximate surface area is 125 Å². The monoisotopic (exact) mass is 314 g/mol. The van der Waals surface area contributed by atoms with Gasteiger partial charge in [-0.05, 0) is 0 Å². The Morgan fingerprint density at radius 3 is 1.55 bits per heavy atom. The number of halogens is 2. The molecule has 0 fully saturated rings. The Balaban J connectivity index is 1.73. The van der Waals surface area contributed by atoms with Crippen LogP contribution in [0.3, 0.4) is 0 Å². The van der Waals surface area contributed by atoms with E-state index in [4.69, 9.17) is 23.2 Å². The van der Waals surface area contributed by atoms with Gasteiger partial charge in [-0.3, -0.25) is 0 Å². The Hall–Kier alpha value is -1.70. The number of aromatic nitrogens is 4. The molecule has 0 aliphatic carbocycles. The number of nitrogens with zero attached hydrogens (tertiary/aromatic N) is 4. The zero-order valence-corrected chi connectivity index (χ0v) is 11.8. The highest BCUT2D eigenvalue weighted by Gasteiger charge is 2.06. The number of aliphatic hydroxyl groups excluding tert-OH is 1. The lowest BCUT2D eigenvalue weighted by Crippen LogP contribution is -2.28. The molecule has 2 aromatic heterocycles. The van der Waals surface area contributed by atoms with Crippen LogP contribution < -0.4 is 10.6 Å². The fraction of sp³-hybridized carbons (Fsp3) is 0.273. The molecule has 2 aromatic rings. The van der Waals surface area contributed by atoms with E-state index in [1.807, 2.05) is 0 Å². The second kappa shape index (κ2) is 7.18. The maximum absolute atomic E-state index is 9.79. The zero-order chi connectivity index (χ0) is 14.4. The molecule has 9 heteroatoms. The Morgan fingerprint density at radius 1 is 0.850 bits per heavy atom. The second-order valence-corrected chi connectivity index (χ2v) is 4.74. The normalized spacial score (nSPS) is 10.6. The van der Waals surface area contributed by atoms with Gasteiger partial charge in [-0.2, -0.15) is 0 Å². The van der Waals surface area contributed by atoms with Crippen molar-refractivity contribution in [3.05, 3.63) is 34.8 Å². The maximum atomic E-state index is 9.79. The van der Waals surface area contributed by atoms with Crippen molar-refractivity contribution in [2.45, 2.75) is 6.10 Å². The van der Waals surface area contributed by atoms with Crippen LogP contribution in [0, 0.1) is 0 Å². The number of rotatable bonds is 6. The van der Waals surface area contributed by atoms with Crippen LogP contribution in [0.2, 0.25) is 10.0 Å². The zero-order valence-electron chi connectivity index (χ0n) is 10.3. The number of nitrogens with one attached hydrogen (secondary N) is 2. The Kier molecular flexibility index (Phi) is 5.28. The third kappa shape index (κ3) is 4.76. The van der Waals surface area contributed by atoms with Crippen molar-refractivity contribution in [1.82, 2.24) is 19.9 Å². The molecule has 0 aliphatic heterocycles. The number of hydrogen-bond acceptors (Lipinski definition) is 7. The van der Waals surface area contributed by atoms with Gasteiger partial charge in [-0.25, -0.2) is 19.9 Å². The van der Waals surface area contributed by atoms with Gasteiger partial charge in [0.05, 0.1) is 40.9 Å². The van der Waals surface area contributed by atoms with Crippen molar-refractivity contribution in [2.24, 2.45) is 0 Å². The highest BCUT2D eigenvalue weighted by Crippen LogP contribution is 2.06. The Bertz CT molecular complexity index is 486. The summed E-state index contributed by atoms with van der Waals surface area (Å²) in [6.07, 6.45) is 5.24. The summed E-state index contributed by atoms with van der Waals surface area (Å²) < 4.78 is 0. The highest BCUT2D eigenvalue weighted by atomic mass is 35.5. The van der Waals surface area contributed by atoms with Crippen molar-refractivity contribution < 1.29 is 5.11 Å². The molecule has 20 heavy (non-hydrogen) atoms. The van der Waals surface area contributed by atoms with Crippen LogP contribution in [0.1, 0.15) is 0 Å². The lowest BCUT2D eigenvalue weighted by atomic mass is 10.3. The average Bonchev–Trinajstić information content (AvgIpc) is 2.46. The Morgan fingerprint density at radius 2 is 1.20 bits per heavy atom. The topological polar surface area (TPSA) is 95.8 Å². The molecule has 3 N–H and O–H groups in total. The fourth-order valence-corrected chi connectivity index (χ4v) is 1.49. The summed E-state index contributed by atoms with van der Waals surface area (Å²) in [5.74, 6) is 0.799. The van der Waals surface area contributed by atoms with Crippen molar-refractivity contribution in [3.8, 4) is 0 Å². The van der Waals surface area contributed by atoms with Gasteiger partial charge in [-0.15, -0.1) is 0 Å². The van der Waals surface area contributed by atoms with Gasteiger partial charge in [-0.1, -0.05) is 23.2 Å². The van der Waals surface area contributed by atoms with Crippen LogP contribution >= 0.6 is 23.2 Å². The summed E-state index contributed by atoms with van der Waals surface area (Å²) in [5.41, 5.74) is 0. The summed E-state index contributed by atoms with van der Waals surface area (Å²) in [7, 11) is 0. The third-order valence-corrected chi connectivity index (χ3v) is 2.62. The summed E-state index contributed by atoms with van der Waals surface area (Å²) in [4.78, 5) is 15.8. The highest BCUT2D eigenvalue weighted by molar-refractivity contribution is 6.30. The first kappa shape index (κ1) is 14.7. The first-order chi connectivity index (χ1) is 9.63. The quantitative estimate of drug-likeness (QED) is 0.742. The van der Waals surface area contributed by atoms with Gasteiger partial charge in [0.15, 0.2) is 0 Å². The third-order valence-electron chi connectivity index (χ3n) is 2.23. The fourth-order valence-electron chi connectivity index (χ4n) is 1.30. The molecule has 0 bridgehead atoms. The first-order valence-corrected chi connectivity index (χ1v) is 6.50. The molecule has 0 saturated heterocycles. The molecule has 2 rings (SSSR count). The van der Waals surface area contributed by atoms with E-state index in [9.17, 15) is 5.11 Å². The maximum Gasteiger partial charge on any atom is 0.222 e. The molecule has 0 radical (unpaired) electrons. The van der Waals surface area contributed by atoms with E-state index in [0.29, 0.717) is 21.9 Å². The van der Waals surface area contributed by atoms with Gasteiger partial charge in [0.1, 0.15) is 0 Å². The molecule has 2 heterocycles. The molecule has 0 atom stereocenters. The molecule has 0 aromatic carbocycles. The van der Waals surface area contributed by atoms with Crippen LogP contribution in [0.5, 0.6) is 0 Å². The van der Waals surface area contributed by atoms with Crippen LogP contribution in [-0.4, -0.2) is 44.2 Å². The molecule has 0 unspecified atom stereocenters. The molecular formula is C11H12Cl2N6O. The summed E-state index contributed by atoms with van der Waals surface area (Å²) in [5, 5.41) is 16.5. The van der Waals surface area contributed by atoms with E-state index in [2.05, 4.69) is 30.6 Å². The number of anilines is 2. The van der Waals surface area contributed by atoms with Crippen molar-refractivity contribution in [1.29, 1.82) is 0 Å². The van der Waals surface area contributed by atoms with E-state index >= 15 is 0 Å². The SMILES string of the molecule is OC(CNc1ncc(Cl)cn1)CNc1ncc(Cl)cn1. The van der Waals surface area contributed by atoms with Crippen molar-refractivity contribution in [3.63, 3.8) is 0 Å². The summed E-state index contributed by atoms with van der Waals surface area (Å²) in [6.45, 7) is 0.560.